The molecule has 1 saturated carbocycles. The molecule has 1 aliphatic heterocycles. The zero-order chi connectivity index (χ0) is 26.5. The number of carbonyl (C=O) groups excluding carboxylic acids is 2. The van der Waals surface area contributed by atoms with Crippen molar-refractivity contribution in [3.05, 3.63) is 77.9 Å². The number of halogens is 1. The molecule has 0 unspecified atom stereocenters. The number of likely N-dealkylation sites (N-methyl/N-ethyl adjacent to an activating group) is 1. The highest BCUT2D eigenvalue weighted by Gasteiger charge is 2.37. The van der Waals surface area contributed by atoms with E-state index in [9.17, 15) is 14.0 Å². The number of aromatic nitrogens is 3. The predicted octanol–water partition coefficient (Wildman–Crippen LogP) is 2.20. The van der Waals surface area contributed by atoms with Crippen molar-refractivity contribution in [2.24, 2.45) is 0 Å². The standard InChI is InChI=1S/C28H34FN7O2/c1-34-15-17-35(18-16-34)28(38)25(3-2-12-30-26-19-24(26)20-4-8-22(29)9-5-20)32-27(37)21-6-10-23(11-7-21)36-14-13-31-33-36/h4-11,13-14,24-26,30H,2-3,12,15-19H2,1H3,(H,32,37)/t24-,25-,26-/m0/s1. The van der Waals surface area contributed by atoms with E-state index in [1.54, 1.807) is 41.3 Å². The second-order valence-corrected chi connectivity index (χ2v) is 10.1. The van der Waals surface area contributed by atoms with Gasteiger partial charge in [-0.15, -0.1) is 5.10 Å². The van der Waals surface area contributed by atoms with E-state index in [-0.39, 0.29) is 17.6 Å². The van der Waals surface area contributed by atoms with Crippen molar-refractivity contribution in [2.45, 2.75) is 37.3 Å². The third-order valence-corrected chi connectivity index (χ3v) is 7.40. The fourth-order valence-corrected chi connectivity index (χ4v) is 4.95. The molecule has 1 aliphatic carbocycles. The molecule has 1 aromatic heterocycles. The Labute approximate surface area is 222 Å². The molecule has 1 saturated heterocycles. The maximum absolute atomic E-state index is 13.4. The van der Waals surface area contributed by atoms with Gasteiger partial charge in [-0.25, -0.2) is 9.07 Å². The van der Waals surface area contributed by atoms with Crippen LogP contribution >= 0.6 is 0 Å². The molecule has 38 heavy (non-hydrogen) atoms. The molecule has 2 fully saturated rings. The molecular weight excluding hydrogens is 485 g/mol. The summed E-state index contributed by atoms with van der Waals surface area (Å²) in [5, 5.41) is 14.3. The molecule has 3 atom stereocenters. The first kappa shape index (κ1) is 26.0. The van der Waals surface area contributed by atoms with Gasteiger partial charge in [0.25, 0.3) is 5.91 Å². The minimum atomic E-state index is -0.588. The maximum atomic E-state index is 13.4. The SMILES string of the molecule is CN1CCN(C(=O)[C@H](CCCN[C@H]2C[C@H]2c2ccc(F)cc2)NC(=O)c2ccc(-n3ccnn3)cc2)CC1. The fourth-order valence-electron chi connectivity index (χ4n) is 4.95. The van der Waals surface area contributed by atoms with Gasteiger partial charge in [0.1, 0.15) is 11.9 Å². The van der Waals surface area contributed by atoms with Gasteiger partial charge in [0.15, 0.2) is 0 Å². The number of benzene rings is 2. The van der Waals surface area contributed by atoms with E-state index in [0.717, 1.165) is 43.7 Å². The quantitative estimate of drug-likeness (QED) is 0.399. The second-order valence-electron chi connectivity index (χ2n) is 10.1. The van der Waals surface area contributed by atoms with Crippen LogP contribution in [0.5, 0.6) is 0 Å². The lowest BCUT2D eigenvalue weighted by Gasteiger charge is -2.34. The predicted molar refractivity (Wildman–Crippen MR) is 141 cm³/mol. The summed E-state index contributed by atoms with van der Waals surface area (Å²) in [6, 6.07) is 13.5. The van der Waals surface area contributed by atoms with E-state index < -0.39 is 6.04 Å². The number of nitrogens with zero attached hydrogens (tertiary/aromatic N) is 5. The number of hydrogen-bond donors (Lipinski definition) is 2. The molecule has 2 aliphatic rings. The molecule has 200 valence electrons. The first-order valence-electron chi connectivity index (χ1n) is 13.2. The lowest BCUT2D eigenvalue weighted by molar-refractivity contribution is -0.135. The molecule has 2 aromatic carbocycles. The van der Waals surface area contributed by atoms with Crippen molar-refractivity contribution in [1.82, 2.24) is 35.4 Å². The number of hydrogen-bond acceptors (Lipinski definition) is 6. The molecule has 0 spiro atoms. The average molecular weight is 520 g/mol. The van der Waals surface area contributed by atoms with E-state index in [0.29, 0.717) is 37.0 Å². The van der Waals surface area contributed by atoms with E-state index in [1.165, 1.54) is 12.1 Å². The summed E-state index contributed by atoms with van der Waals surface area (Å²) in [7, 11) is 2.05. The highest BCUT2D eigenvalue weighted by atomic mass is 19.1. The van der Waals surface area contributed by atoms with Gasteiger partial charge in [-0.1, -0.05) is 17.3 Å². The molecule has 2 heterocycles. The Kier molecular flexibility index (Phi) is 8.09. The highest BCUT2D eigenvalue weighted by molar-refractivity contribution is 5.97. The van der Waals surface area contributed by atoms with Gasteiger partial charge in [-0.3, -0.25) is 9.59 Å². The van der Waals surface area contributed by atoms with Gasteiger partial charge >= 0.3 is 0 Å². The van der Waals surface area contributed by atoms with Crippen molar-refractivity contribution in [3.8, 4) is 5.69 Å². The van der Waals surface area contributed by atoms with Crippen LogP contribution in [0.1, 0.15) is 41.1 Å². The number of piperazine rings is 1. The van der Waals surface area contributed by atoms with Crippen molar-refractivity contribution < 1.29 is 14.0 Å². The van der Waals surface area contributed by atoms with Gasteiger partial charge in [0.05, 0.1) is 18.1 Å². The van der Waals surface area contributed by atoms with Crippen LogP contribution < -0.4 is 10.6 Å². The van der Waals surface area contributed by atoms with Gasteiger partial charge < -0.3 is 20.4 Å². The first-order valence-corrected chi connectivity index (χ1v) is 13.2. The van der Waals surface area contributed by atoms with E-state index in [4.69, 9.17) is 0 Å². The van der Waals surface area contributed by atoms with Gasteiger partial charge in [0, 0.05) is 43.7 Å². The molecular formula is C28H34FN7O2. The van der Waals surface area contributed by atoms with Gasteiger partial charge in [-0.05, 0) is 74.8 Å². The lowest BCUT2D eigenvalue weighted by Crippen LogP contribution is -2.54. The lowest BCUT2D eigenvalue weighted by atomic mass is 10.1. The summed E-state index contributed by atoms with van der Waals surface area (Å²) in [6.45, 7) is 3.72. The molecule has 2 N–H and O–H groups in total. The third kappa shape index (κ3) is 6.43. The van der Waals surface area contributed by atoms with Crippen LogP contribution in [-0.4, -0.2) is 88.5 Å². The monoisotopic (exact) mass is 519 g/mol. The van der Waals surface area contributed by atoms with E-state index in [1.807, 2.05) is 24.1 Å². The molecule has 0 radical (unpaired) electrons. The summed E-state index contributed by atoms with van der Waals surface area (Å²) in [5.74, 6) is -0.114. The number of nitrogens with one attached hydrogen (secondary N) is 2. The minimum Gasteiger partial charge on any atom is -0.340 e. The maximum Gasteiger partial charge on any atom is 0.251 e. The van der Waals surface area contributed by atoms with Gasteiger partial charge in [-0.2, -0.15) is 0 Å². The Hall–Kier alpha value is -3.63. The van der Waals surface area contributed by atoms with Crippen LogP contribution in [0.25, 0.3) is 5.69 Å². The Morgan fingerprint density at radius 3 is 2.47 bits per heavy atom. The Morgan fingerprint density at radius 2 is 1.79 bits per heavy atom. The van der Waals surface area contributed by atoms with Crippen molar-refractivity contribution in [2.75, 3.05) is 39.8 Å². The third-order valence-electron chi connectivity index (χ3n) is 7.40. The van der Waals surface area contributed by atoms with Crippen molar-refractivity contribution in [3.63, 3.8) is 0 Å². The summed E-state index contributed by atoms with van der Waals surface area (Å²) in [5.41, 5.74) is 2.44. The molecule has 10 heteroatoms. The summed E-state index contributed by atoms with van der Waals surface area (Å²) < 4.78 is 14.8. The van der Waals surface area contributed by atoms with Crippen molar-refractivity contribution >= 4 is 11.8 Å². The fraction of sp³-hybridized carbons (Fsp3) is 0.429. The van der Waals surface area contributed by atoms with Crippen molar-refractivity contribution in [1.29, 1.82) is 0 Å². The zero-order valence-electron chi connectivity index (χ0n) is 21.6. The Morgan fingerprint density at radius 1 is 1.05 bits per heavy atom. The van der Waals surface area contributed by atoms with Crippen LogP contribution in [0.15, 0.2) is 60.9 Å². The molecule has 9 nitrogen and oxygen atoms in total. The molecule has 2 amide bonds. The largest absolute Gasteiger partial charge is 0.340 e. The van der Waals surface area contributed by atoms with Crippen LogP contribution in [0.2, 0.25) is 0 Å². The van der Waals surface area contributed by atoms with Crippen LogP contribution in [0.3, 0.4) is 0 Å². The summed E-state index contributed by atoms with van der Waals surface area (Å²) in [4.78, 5) is 30.6. The van der Waals surface area contributed by atoms with E-state index >= 15 is 0 Å². The number of amides is 2. The number of carbonyl (C=O) groups is 2. The normalized spacial score (nSPS) is 20.2. The topological polar surface area (TPSA) is 95.4 Å². The smallest absolute Gasteiger partial charge is 0.251 e. The summed E-state index contributed by atoms with van der Waals surface area (Å²) >= 11 is 0. The van der Waals surface area contributed by atoms with Crippen LogP contribution in [0, 0.1) is 5.82 Å². The van der Waals surface area contributed by atoms with Crippen LogP contribution in [0.4, 0.5) is 4.39 Å². The van der Waals surface area contributed by atoms with Gasteiger partial charge in [0.2, 0.25) is 5.91 Å². The second kappa shape index (κ2) is 11.8. The molecule has 0 bridgehead atoms. The molecule has 3 aromatic rings. The van der Waals surface area contributed by atoms with Crippen LogP contribution in [-0.2, 0) is 4.79 Å². The zero-order valence-corrected chi connectivity index (χ0v) is 21.6. The Bertz CT molecular complexity index is 1210. The molecule has 5 rings (SSSR count). The summed E-state index contributed by atoms with van der Waals surface area (Å²) in [6.07, 6.45) is 5.65. The minimum absolute atomic E-state index is 0.0266. The first-order chi connectivity index (χ1) is 18.5. The average Bonchev–Trinajstić information content (AvgIpc) is 3.49. The Balaban J connectivity index is 1.16. The highest BCUT2D eigenvalue weighted by Crippen LogP contribution is 2.40. The number of rotatable bonds is 10. The van der Waals surface area contributed by atoms with E-state index in [2.05, 4.69) is 25.8 Å².